The second kappa shape index (κ2) is 3.21. The maximum atomic E-state index is 11.5. The number of methoxy groups -OCH3 is 1. The second-order valence-corrected chi connectivity index (χ2v) is 3.18. The Balaban J connectivity index is 2.52. The molecule has 72 valence electrons. The van der Waals surface area contributed by atoms with Crippen LogP contribution in [0.5, 0.6) is 5.75 Å². The maximum Gasteiger partial charge on any atom is 0.191 e. The molecular weight excluding hydrogens is 182 g/mol. The number of carbonyl (C=O) groups is 1. The van der Waals surface area contributed by atoms with Crippen molar-refractivity contribution < 1.29 is 9.53 Å². The fraction of sp³-hybridized carbons (Fsp3) is 0.300. The molecular formula is C10H9NO3. The molecule has 4 nitrogen and oxygen atoms in total. The average Bonchev–Trinajstić information content (AvgIpc) is 2.55. The Labute approximate surface area is 80.9 Å². The first-order chi connectivity index (χ1) is 6.77. The summed E-state index contributed by atoms with van der Waals surface area (Å²) in [5, 5.41) is 2.80. The van der Waals surface area contributed by atoms with Crippen LogP contribution in [0.2, 0.25) is 0 Å². The number of nitrogens with zero attached hydrogens (tertiary/aromatic N) is 1. The minimum absolute atomic E-state index is 0.200. The van der Waals surface area contributed by atoms with Crippen molar-refractivity contribution in [1.29, 1.82) is 0 Å². The van der Waals surface area contributed by atoms with E-state index in [0.717, 1.165) is 5.56 Å². The molecule has 1 atom stereocenters. The zero-order valence-corrected chi connectivity index (χ0v) is 7.69. The number of ether oxygens (including phenoxy) is 1. The SMILES string of the molecule is COc1cccc2c1CC(N=O)C2=O. The van der Waals surface area contributed by atoms with Gasteiger partial charge in [0.2, 0.25) is 0 Å². The first kappa shape index (κ1) is 8.87. The van der Waals surface area contributed by atoms with Gasteiger partial charge in [0, 0.05) is 17.5 Å². The molecule has 0 heterocycles. The Morgan fingerprint density at radius 1 is 1.50 bits per heavy atom. The minimum atomic E-state index is -0.763. The third-order valence-electron chi connectivity index (χ3n) is 2.45. The molecule has 0 bridgehead atoms. The highest BCUT2D eigenvalue weighted by Crippen LogP contribution is 2.31. The maximum absolute atomic E-state index is 11.5. The van der Waals surface area contributed by atoms with Crippen LogP contribution in [0.4, 0.5) is 0 Å². The van der Waals surface area contributed by atoms with Crippen molar-refractivity contribution in [3.8, 4) is 5.75 Å². The quantitative estimate of drug-likeness (QED) is 0.666. The van der Waals surface area contributed by atoms with Crippen LogP contribution in [0.25, 0.3) is 0 Å². The lowest BCUT2D eigenvalue weighted by Gasteiger charge is -2.04. The van der Waals surface area contributed by atoms with Crippen LogP contribution >= 0.6 is 0 Å². The van der Waals surface area contributed by atoms with Crippen molar-refractivity contribution in [3.63, 3.8) is 0 Å². The van der Waals surface area contributed by atoms with Crippen LogP contribution in [0.1, 0.15) is 15.9 Å². The molecule has 1 aliphatic rings. The molecule has 0 fully saturated rings. The molecule has 0 saturated carbocycles. The molecule has 0 N–H and O–H groups in total. The van der Waals surface area contributed by atoms with Crippen LogP contribution in [0.3, 0.4) is 0 Å². The molecule has 0 aromatic heterocycles. The Morgan fingerprint density at radius 3 is 2.93 bits per heavy atom. The predicted octanol–water partition coefficient (Wildman–Crippen LogP) is 1.57. The molecule has 2 rings (SSSR count). The zero-order chi connectivity index (χ0) is 10.1. The van der Waals surface area contributed by atoms with Crippen molar-refractivity contribution in [2.45, 2.75) is 12.5 Å². The van der Waals surface area contributed by atoms with Gasteiger partial charge in [-0.25, -0.2) is 0 Å². The van der Waals surface area contributed by atoms with Gasteiger partial charge in [0.15, 0.2) is 11.8 Å². The number of benzene rings is 1. The fourth-order valence-corrected chi connectivity index (χ4v) is 1.75. The normalized spacial score (nSPS) is 19.2. The van der Waals surface area contributed by atoms with Crippen molar-refractivity contribution >= 4 is 5.78 Å². The standard InChI is InChI=1S/C10H9NO3/c1-14-9-4-2-3-6-7(9)5-8(11-13)10(6)12/h2-4,8H,5H2,1H3. The van der Waals surface area contributed by atoms with Crippen LogP contribution in [0.15, 0.2) is 23.4 Å². The third kappa shape index (κ3) is 1.11. The molecule has 0 saturated heterocycles. The lowest BCUT2D eigenvalue weighted by molar-refractivity contribution is 0.0975. The van der Waals surface area contributed by atoms with Crippen molar-refractivity contribution in [2.75, 3.05) is 7.11 Å². The largest absolute Gasteiger partial charge is 0.496 e. The highest BCUT2D eigenvalue weighted by Gasteiger charge is 2.33. The highest BCUT2D eigenvalue weighted by atomic mass is 16.5. The lowest BCUT2D eigenvalue weighted by Crippen LogP contribution is -2.11. The summed E-state index contributed by atoms with van der Waals surface area (Å²) in [7, 11) is 1.54. The number of ketones is 1. The molecule has 1 aromatic carbocycles. The van der Waals surface area contributed by atoms with Gasteiger partial charge in [-0.05, 0) is 6.07 Å². The van der Waals surface area contributed by atoms with E-state index in [1.807, 2.05) is 0 Å². The highest BCUT2D eigenvalue weighted by molar-refractivity contribution is 6.05. The summed E-state index contributed by atoms with van der Waals surface area (Å²) in [5.41, 5.74) is 1.36. The molecule has 0 radical (unpaired) electrons. The van der Waals surface area contributed by atoms with Crippen LogP contribution in [-0.4, -0.2) is 18.9 Å². The average molecular weight is 191 g/mol. The number of hydrogen-bond donors (Lipinski definition) is 0. The van der Waals surface area contributed by atoms with E-state index in [2.05, 4.69) is 5.18 Å². The molecule has 0 spiro atoms. The van der Waals surface area contributed by atoms with Gasteiger partial charge >= 0.3 is 0 Å². The Bertz CT molecular complexity index is 400. The Hall–Kier alpha value is -1.71. The van der Waals surface area contributed by atoms with E-state index in [4.69, 9.17) is 4.74 Å². The summed E-state index contributed by atoms with van der Waals surface area (Å²) in [4.78, 5) is 21.9. The van der Waals surface area contributed by atoms with Crippen molar-refractivity contribution in [2.24, 2.45) is 5.18 Å². The van der Waals surface area contributed by atoms with Gasteiger partial charge in [-0.1, -0.05) is 17.3 Å². The summed E-state index contributed by atoms with van der Waals surface area (Å²) in [6, 6.07) is 4.45. The van der Waals surface area contributed by atoms with Gasteiger partial charge in [0.1, 0.15) is 5.75 Å². The van der Waals surface area contributed by atoms with Gasteiger partial charge in [-0.15, -0.1) is 0 Å². The first-order valence-electron chi connectivity index (χ1n) is 4.30. The monoisotopic (exact) mass is 191 g/mol. The summed E-state index contributed by atoms with van der Waals surface area (Å²) in [6.45, 7) is 0. The Kier molecular flexibility index (Phi) is 2.04. The van der Waals surface area contributed by atoms with E-state index in [9.17, 15) is 9.70 Å². The summed E-state index contributed by atoms with van der Waals surface area (Å²) >= 11 is 0. The summed E-state index contributed by atoms with van der Waals surface area (Å²) in [5.74, 6) is 0.455. The molecule has 1 aromatic rings. The number of nitroso groups, excluding NO2 is 1. The topological polar surface area (TPSA) is 55.7 Å². The molecule has 1 aliphatic carbocycles. The second-order valence-electron chi connectivity index (χ2n) is 3.18. The Morgan fingerprint density at radius 2 is 2.29 bits per heavy atom. The van der Waals surface area contributed by atoms with Gasteiger partial charge in [-0.2, -0.15) is 4.91 Å². The third-order valence-corrected chi connectivity index (χ3v) is 2.45. The van der Waals surface area contributed by atoms with E-state index in [1.54, 1.807) is 25.3 Å². The van der Waals surface area contributed by atoms with E-state index >= 15 is 0 Å². The number of carbonyl (C=O) groups excluding carboxylic acids is 1. The molecule has 0 amide bonds. The zero-order valence-electron chi connectivity index (χ0n) is 7.69. The van der Waals surface area contributed by atoms with Crippen molar-refractivity contribution in [3.05, 3.63) is 34.2 Å². The fourth-order valence-electron chi connectivity index (χ4n) is 1.75. The van der Waals surface area contributed by atoms with Gasteiger partial charge in [0.05, 0.1) is 7.11 Å². The number of fused-ring (bicyclic) bond motifs is 1. The van der Waals surface area contributed by atoms with E-state index < -0.39 is 6.04 Å². The smallest absolute Gasteiger partial charge is 0.191 e. The lowest BCUT2D eigenvalue weighted by atomic mass is 10.1. The molecule has 0 aliphatic heterocycles. The van der Waals surface area contributed by atoms with Crippen LogP contribution in [0, 0.1) is 4.91 Å². The number of hydrogen-bond acceptors (Lipinski definition) is 4. The summed E-state index contributed by atoms with van der Waals surface area (Å²) < 4.78 is 5.10. The number of Topliss-reactive ketones (excluding diaryl/α,β-unsaturated/α-hetero) is 1. The summed E-state index contributed by atoms with van der Waals surface area (Å²) in [6.07, 6.45) is 0.363. The molecule has 4 heteroatoms. The minimum Gasteiger partial charge on any atom is -0.496 e. The van der Waals surface area contributed by atoms with E-state index in [-0.39, 0.29) is 5.78 Å². The first-order valence-corrected chi connectivity index (χ1v) is 4.30. The van der Waals surface area contributed by atoms with E-state index in [0.29, 0.717) is 17.7 Å². The molecule has 14 heavy (non-hydrogen) atoms. The van der Waals surface area contributed by atoms with Crippen LogP contribution in [-0.2, 0) is 6.42 Å². The van der Waals surface area contributed by atoms with E-state index in [1.165, 1.54) is 0 Å². The van der Waals surface area contributed by atoms with Gasteiger partial charge in [-0.3, -0.25) is 4.79 Å². The number of rotatable bonds is 2. The molecule has 1 unspecified atom stereocenters. The van der Waals surface area contributed by atoms with Crippen LogP contribution < -0.4 is 4.74 Å². The van der Waals surface area contributed by atoms with Gasteiger partial charge < -0.3 is 4.74 Å². The predicted molar refractivity (Wildman–Crippen MR) is 50.6 cm³/mol. The van der Waals surface area contributed by atoms with Crippen molar-refractivity contribution in [1.82, 2.24) is 0 Å². The van der Waals surface area contributed by atoms with Gasteiger partial charge in [0.25, 0.3) is 0 Å².